The number of allylic oxidation sites excluding steroid dienone is 7. The molecular weight excluding hydrogens is 304 g/mol. The SMILES string of the molecule is CCCCCCC(CCCC/C=C/C=C/C=C/C=C/C(=O)O)OO. The van der Waals surface area contributed by atoms with Crippen LogP contribution in [0.4, 0.5) is 0 Å². The molecule has 1 unspecified atom stereocenters. The number of carbonyl (C=O) groups is 1. The fraction of sp³-hybridized carbons (Fsp3) is 0.550. The molecule has 0 radical (unpaired) electrons. The standard InChI is InChI=1S/C20H32O4/c1-2-3-4-13-16-19(24-23)17-14-11-9-7-5-6-8-10-12-15-18-20(21)22/h5-8,10,12,15,18-19,23H,2-4,9,11,13-14,16-17H2,1H3,(H,21,22)/b7-5+,8-6+,12-10+,18-15+. The van der Waals surface area contributed by atoms with E-state index in [0.717, 1.165) is 44.6 Å². The van der Waals surface area contributed by atoms with Crippen molar-refractivity contribution < 1.29 is 20.0 Å². The highest BCUT2D eigenvalue weighted by Crippen LogP contribution is 2.14. The van der Waals surface area contributed by atoms with E-state index in [1.165, 1.54) is 25.3 Å². The topological polar surface area (TPSA) is 66.8 Å². The third-order valence-electron chi connectivity index (χ3n) is 3.61. The monoisotopic (exact) mass is 336 g/mol. The second-order valence-electron chi connectivity index (χ2n) is 5.76. The lowest BCUT2D eigenvalue weighted by Gasteiger charge is -2.12. The molecule has 0 spiro atoms. The van der Waals surface area contributed by atoms with Gasteiger partial charge in [-0.05, 0) is 25.7 Å². The Morgan fingerprint density at radius 2 is 1.54 bits per heavy atom. The Bertz CT molecular complexity index is 408. The molecule has 0 rings (SSSR count). The van der Waals surface area contributed by atoms with Gasteiger partial charge in [0.15, 0.2) is 0 Å². The summed E-state index contributed by atoms with van der Waals surface area (Å²) in [4.78, 5) is 14.8. The molecule has 0 fully saturated rings. The molecule has 4 heteroatoms. The Balaban J connectivity index is 3.64. The summed E-state index contributed by atoms with van der Waals surface area (Å²) >= 11 is 0. The van der Waals surface area contributed by atoms with Gasteiger partial charge >= 0.3 is 5.97 Å². The zero-order chi connectivity index (χ0) is 17.9. The lowest BCUT2D eigenvalue weighted by Crippen LogP contribution is -2.10. The van der Waals surface area contributed by atoms with Crippen molar-refractivity contribution in [2.24, 2.45) is 0 Å². The normalized spacial score (nSPS) is 13.8. The minimum absolute atomic E-state index is 0.0188. The number of carboxylic acid groups (broad SMARTS) is 1. The zero-order valence-corrected chi connectivity index (χ0v) is 14.8. The Morgan fingerprint density at radius 1 is 0.917 bits per heavy atom. The summed E-state index contributed by atoms with van der Waals surface area (Å²) < 4.78 is 0. The summed E-state index contributed by atoms with van der Waals surface area (Å²) in [7, 11) is 0. The summed E-state index contributed by atoms with van der Waals surface area (Å²) in [5, 5.41) is 17.3. The van der Waals surface area contributed by atoms with E-state index in [9.17, 15) is 4.79 Å². The van der Waals surface area contributed by atoms with E-state index in [0.29, 0.717) is 0 Å². The van der Waals surface area contributed by atoms with E-state index >= 15 is 0 Å². The van der Waals surface area contributed by atoms with Crippen molar-refractivity contribution in [3.63, 3.8) is 0 Å². The van der Waals surface area contributed by atoms with Gasteiger partial charge in [-0.25, -0.2) is 9.68 Å². The molecule has 4 nitrogen and oxygen atoms in total. The average molecular weight is 336 g/mol. The molecule has 0 heterocycles. The maximum absolute atomic E-state index is 10.2. The van der Waals surface area contributed by atoms with Gasteiger partial charge in [0.05, 0.1) is 6.10 Å². The maximum atomic E-state index is 10.2. The summed E-state index contributed by atoms with van der Waals surface area (Å²) in [5.41, 5.74) is 0. The molecule has 2 N–H and O–H groups in total. The van der Waals surface area contributed by atoms with E-state index in [2.05, 4.69) is 17.9 Å². The Morgan fingerprint density at radius 3 is 2.17 bits per heavy atom. The molecule has 0 aromatic rings. The first-order valence-corrected chi connectivity index (χ1v) is 8.90. The van der Waals surface area contributed by atoms with Gasteiger partial charge in [0, 0.05) is 6.08 Å². The lowest BCUT2D eigenvalue weighted by atomic mass is 10.0. The molecule has 0 aliphatic heterocycles. The number of carboxylic acids is 1. The van der Waals surface area contributed by atoms with Crippen molar-refractivity contribution in [1.82, 2.24) is 0 Å². The third kappa shape index (κ3) is 16.7. The Kier molecular flexibility index (Phi) is 16.5. The minimum Gasteiger partial charge on any atom is -0.478 e. The fourth-order valence-corrected chi connectivity index (χ4v) is 2.25. The second-order valence-corrected chi connectivity index (χ2v) is 5.76. The molecule has 0 saturated heterocycles. The van der Waals surface area contributed by atoms with E-state index in [-0.39, 0.29) is 6.10 Å². The molecule has 1 atom stereocenters. The number of aliphatic carboxylic acids is 1. The van der Waals surface area contributed by atoms with Crippen molar-refractivity contribution >= 4 is 5.97 Å². The molecule has 0 aromatic carbocycles. The molecule has 0 aromatic heterocycles. The van der Waals surface area contributed by atoms with Gasteiger partial charge in [0.2, 0.25) is 0 Å². The van der Waals surface area contributed by atoms with Crippen molar-refractivity contribution in [3.8, 4) is 0 Å². The van der Waals surface area contributed by atoms with Crippen LogP contribution in [-0.2, 0) is 9.68 Å². The fourth-order valence-electron chi connectivity index (χ4n) is 2.25. The maximum Gasteiger partial charge on any atom is 0.328 e. The van der Waals surface area contributed by atoms with Crippen LogP contribution in [0.3, 0.4) is 0 Å². The number of hydrogen-bond acceptors (Lipinski definition) is 3. The highest BCUT2D eigenvalue weighted by Gasteiger charge is 2.07. The highest BCUT2D eigenvalue weighted by atomic mass is 17.1. The third-order valence-corrected chi connectivity index (χ3v) is 3.61. The summed E-state index contributed by atoms with van der Waals surface area (Å²) in [5.74, 6) is -0.946. The van der Waals surface area contributed by atoms with Gasteiger partial charge < -0.3 is 5.11 Å². The molecule has 0 aliphatic rings. The van der Waals surface area contributed by atoms with Crippen molar-refractivity contribution in [3.05, 3.63) is 48.6 Å². The summed E-state index contributed by atoms with van der Waals surface area (Å²) in [6.07, 6.45) is 23.7. The Hall–Kier alpha value is -1.65. The van der Waals surface area contributed by atoms with Crippen LogP contribution in [0.2, 0.25) is 0 Å². The minimum atomic E-state index is -0.946. The lowest BCUT2D eigenvalue weighted by molar-refractivity contribution is -0.281. The van der Waals surface area contributed by atoms with Crippen LogP contribution in [0.15, 0.2) is 48.6 Å². The number of unbranched alkanes of at least 4 members (excludes halogenated alkanes) is 5. The zero-order valence-electron chi connectivity index (χ0n) is 14.8. The van der Waals surface area contributed by atoms with E-state index in [4.69, 9.17) is 10.4 Å². The smallest absolute Gasteiger partial charge is 0.328 e. The Labute approximate surface area is 146 Å². The molecule has 24 heavy (non-hydrogen) atoms. The van der Waals surface area contributed by atoms with Crippen LogP contribution >= 0.6 is 0 Å². The average Bonchev–Trinajstić information content (AvgIpc) is 2.57. The van der Waals surface area contributed by atoms with E-state index in [1.54, 1.807) is 12.2 Å². The molecule has 0 saturated carbocycles. The molecular formula is C20H32O4. The van der Waals surface area contributed by atoms with Crippen LogP contribution in [0.5, 0.6) is 0 Å². The molecule has 0 amide bonds. The number of rotatable bonds is 15. The van der Waals surface area contributed by atoms with Crippen LogP contribution < -0.4 is 0 Å². The quantitative estimate of drug-likeness (QED) is 0.133. The van der Waals surface area contributed by atoms with Crippen LogP contribution in [0, 0.1) is 0 Å². The highest BCUT2D eigenvalue weighted by molar-refractivity contribution is 5.80. The second kappa shape index (κ2) is 17.7. The first-order chi connectivity index (χ1) is 11.7. The van der Waals surface area contributed by atoms with Gasteiger partial charge in [-0.2, -0.15) is 0 Å². The largest absolute Gasteiger partial charge is 0.478 e. The molecule has 136 valence electrons. The van der Waals surface area contributed by atoms with Gasteiger partial charge in [0.1, 0.15) is 0 Å². The predicted octanol–water partition coefficient (Wildman–Crippen LogP) is 5.68. The van der Waals surface area contributed by atoms with Gasteiger partial charge in [0.25, 0.3) is 0 Å². The summed E-state index contributed by atoms with van der Waals surface area (Å²) in [6, 6.07) is 0. The van der Waals surface area contributed by atoms with Crippen molar-refractivity contribution in [1.29, 1.82) is 0 Å². The van der Waals surface area contributed by atoms with Crippen LogP contribution in [-0.4, -0.2) is 22.4 Å². The molecule has 0 aliphatic carbocycles. The van der Waals surface area contributed by atoms with Crippen molar-refractivity contribution in [2.45, 2.75) is 70.8 Å². The van der Waals surface area contributed by atoms with Gasteiger partial charge in [-0.3, -0.25) is 5.26 Å². The van der Waals surface area contributed by atoms with Gasteiger partial charge in [-0.1, -0.05) is 81.6 Å². The van der Waals surface area contributed by atoms with Crippen LogP contribution in [0.1, 0.15) is 64.7 Å². The number of hydrogen-bond donors (Lipinski definition) is 2. The first kappa shape index (κ1) is 22.4. The van der Waals surface area contributed by atoms with Crippen molar-refractivity contribution in [2.75, 3.05) is 0 Å². The molecule has 0 bridgehead atoms. The predicted molar refractivity (Wildman–Crippen MR) is 98.9 cm³/mol. The first-order valence-electron chi connectivity index (χ1n) is 8.90. The van der Waals surface area contributed by atoms with Gasteiger partial charge in [-0.15, -0.1) is 0 Å². The van der Waals surface area contributed by atoms with Crippen LogP contribution in [0.25, 0.3) is 0 Å². The van der Waals surface area contributed by atoms with E-state index < -0.39 is 5.97 Å². The summed E-state index contributed by atoms with van der Waals surface area (Å²) in [6.45, 7) is 2.19. The van der Waals surface area contributed by atoms with E-state index in [1.807, 2.05) is 18.2 Å².